The van der Waals surface area contributed by atoms with Crippen molar-refractivity contribution in [3.8, 4) is 0 Å². The summed E-state index contributed by atoms with van der Waals surface area (Å²) in [5.74, 6) is 0.224. The number of thioether (sulfide) groups is 1. The van der Waals surface area contributed by atoms with E-state index < -0.39 is 12.0 Å². The molecule has 1 aliphatic heterocycles. The third-order valence-corrected chi connectivity index (χ3v) is 5.70. The van der Waals surface area contributed by atoms with Crippen LogP contribution in [0.3, 0.4) is 0 Å². The number of rotatable bonds is 2. The Morgan fingerprint density at radius 1 is 1.30 bits per heavy atom. The molecule has 5 nitrogen and oxygen atoms in total. The van der Waals surface area contributed by atoms with Crippen molar-refractivity contribution < 1.29 is 14.7 Å². The highest BCUT2D eigenvalue weighted by Gasteiger charge is 2.42. The predicted molar refractivity (Wildman–Crippen MR) is 79.8 cm³/mol. The van der Waals surface area contributed by atoms with Crippen molar-refractivity contribution in [1.82, 2.24) is 9.80 Å². The van der Waals surface area contributed by atoms with Crippen LogP contribution in [-0.4, -0.2) is 57.2 Å². The Morgan fingerprint density at radius 3 is 2.60 bits per heavy atom. The Bertz CT molecular complexity index is 391. The number of carbonyl (C=O) groups excluding carboxylic acids is 1. The van der Waals surface area contributed by atoms with Gasteiger partial charge in [-0.2, -0.15) is 0 Å². The van der Waals surface area contributed by atoms with Gasteiger partial charge in [0.05, 0.1) is 5.37 Å². The molecule has 1 saturated heterocycles. The number of carbonyl (C=O) groups is 2. The first-order chi connectivity index (χ1) is 9.41. The fourth-order valence-electron chi connectivity index (χ4n) is 3.22. The van der Waals surface area contributed by atoms with Gasteiger partial charge in [-0.15, -0.1) is 11.8 Å². The monoisotopic (exact) mass is 300 g/mol. The molecule has 0 aromatic heterocycles. The summed E-state index contributed by atoms with van der Waals surface area (Å²) in [5, 5.41) is 9.20. The number of carboxylic acids is 1. The van der Waals surface area contributed by atoms with Crippen LogP contribution in [0.15, 0.2) is 0 Å². The third kappa shape index (κ3) is 3.05. The topological polar surface area (TPSA) is 60.9 Å². The molecule has 114 valence electrons. The first kappa shape index (κ1) is 15.5. The minimum Gasteiger partial charge on any atom is -0.480 e. The van der Waals surface area contributed by atoms with Crippen LogP contribution < -0.4 is 0 Å². The van der Waals surface area contributed by atoms with Crippen molar-refractivity contribution in [3.63, 3.8) is 0 Å². The standard InChI is InChI=1S/C14H24N2O3S/c1-9-5-4-6-11(7-9)15(3)14(19)16-10(2)20-8-12(16)13(17)18/h9-12H,4-8H2,1-3H3,(H,17,18). The van der Waals surface area contributed by atoms with E-state index in [0.29, 0.717) is 11.7 Å². The molecule has 4 unspecified atom stereocenters. The smallest absolute Gasteiger partial charge is 0.327 e. The van der Waals surface area contributed by atoms with E-state index in [-0.39, 0.29) is 17.4 Å². The Balaban J connectivity index is 2.06. The molecular weight excluding hydrogens is 276 g/mol. The summed E-state index contributed by atoms with van der Waals surface area (Å²) < 4.78 is 0. The molecule has 0 radical (unpaired) electrons. The Labute approximate surface area is 124 Å². The molecule has 1 saturated carbocycles. The lowest BCUT2D eigenvalue weighted by Crippen LogP contribution is -2.53. The SMILES string of the molecule is CC1CCCC(N(C)C(=O)N2C(C)SCC2C(=O)O)C1. The van der Waals surface area contributed by atoms with Crippen LogP contribution >= 0.6 is 11.8 Å². The number of hydrogen-bond acceptors (Lipinski definition) is 3. The molecule has 0 spiro atoms. The lowest BCUT2D eigenvalue weighted by Gasteiger charge is -2.38. The van der Waals surface area contributed by atoms with Crippen LogP contribution in [0.5, 0.6) is 0 Å². The minimum absolute atomic E-state index is 0.0629. The summed E-state index contributed by atoms with van der Waals surface area (Å²) in [6, 6.07) is -0.571. The number of hydrogen-bond donors (Lipinski definition) is 1. The zero-order valence-electron chi connectivity index (χ0n) is 12.4. The van der Waals surface area contributed by atoms with Crippen molar-refractivity contribution in [3.05, 3.63) is 0 Å². The maximum absolute atomic E-state index is 12.7. The van der Waals surface area contributed by atoms with Gasteiger partial charge in [-0.1, -0.05) is 19.8 Å². The molecule has 0 aromatic carbocycles. The van der Waals surface area contributed by atoms with E-state index in [9.17, 15) is 14.7 Å². The highest BCUT2D eigenvalue weighted by molar-refractivity contribution is 8.00. The van der Waals surface area contributed by atoms with E-state index in [1.807, 2.05) is 14.0 Å². The van der Waals surface area contributed by atoms with E-state index in [4.69, 9.17) is 0 Å². The fraction of sp³-hybridized carbons (Fsp3) is 0.857. The fourth-order valence-corrected chi connectivity index (χ4v) is 4.38. The molecule has 1 aliphatic carbocycles. The van der Waals surface area contributed by atoms with Gasteiger partial charge < -0.3 is 10.0 Å². The second kappa shape index (κ2) is 6.24. The molecule has 2 amide bonds. The van der Waals surface area contributed by atoms with Gasteiger partial charge in [0, 0.05) is 18.8 Å². The molecule has 20 heavy (non-hydrogen) atoms. The average molecular weight is 300 g/mol. The normalized spacial score (nSPS) is 34.0. The number of carboxylic acid groups (broad SMARTS) is 1. The molecule has 2 fully saturated rings. The van der Waals surface area contributed by atoms with Gasteiger partial charge in [-0.3, -0.25) is 4.90 Å². The van der Waals surface area contributed by atoms with Gasteiger partial charge in [0.15, 0.2) is 0 Å². The lowest BCUT2D eigenvalue weighted by molar-refractivity contribution is -0.141. The van der Waals surface area contributed by atoms with E-state index in [0.717, 1.165) is 19.3 Å². The molecule has 2 rings (SSSR count). The number of amides is 2. The zero-order chi connectivity index (χ0) is 14.9. The summed E-state index contributed by atoms with van der Waals surface area (Å²) in [7, 11) is 1.82. The zero-order valence-corrected chi connectivity index (χ0v) is 13.2. The minimum atomic E-state index is -0.902. The second-order valence-corrected chi connectivity index (χ2v) is 7.36. The lowest BCUT2D eigenvalue weighted by atomic mass is 9.86. The Kier molecular flexibility index (Phi) is 4.83. The summed E-state index contributed by atoms with van der Waals surface area (Å²) in [6.45, 7) is 4.13. The second-order valence-electron chi connectivity index (χ2n) is 6.01. The molecule has 0 bridgehead atoms. The number of nitrogens with zero attached hydrogens (tertiary/aromatic N) is 2. The Hall–Kier alpha value is -0.910. The van der Waals surface area contributed by atoms with Gasteiger partial charge in [0.2, 0.25) is 0 Å². The third-order valence-electron chi connectivity index (χ3n) is 4.49. The molecule has 2 aliphatic rings. The van der Waals surface area contributed by atoms with Crippen LogP contribution in [0.25, 0.3) is 0 Å². The first-order valence-electron chi connectivity index (χ1n) is 7.31. The van der Waals surface area contributed by atoms with Crippen LogP contribution in [0.2, 0.25) is 0 Å². The van der Waals surface area contributed by atoms with Crippen LogP contribution in [-0.2, 0) is 4.79 Å². The van der Waals surface area contributed by atoms with Crippen molar-refractivity contribution in [2.75, 3.05) is 12.8 Å². The van der Waals surface area contributed by atoms with Crippen molar-refractivity contribution in [2.45, 2.75) is 57.0 Å². The average Bonchev–Trinajstić information content (AvgIpc) is 2.79. The predicted octanol–water partition coefficient (Wildman–Crippen LogP) is 2.46. The summed E-state index contributed by atoms with van der Waals surface area (Å²) in [5.41, 5.74) is 0. The molecular formula is C14H24N2O3S. The molecule has 4 atom stereocenters. The summed E-state index contributed by atoms with van der Waals surface area (Å²) in [6.07, 6.45) is 4.43. The quantitative estimate of drug-likeness (QED) is 0.851. The van der Waals surface area contributed by atoms with E-state index >= 15 is 0 Å². The molecule has 1 N–H and O–H groups in total. The molecule has 0 aromatic rings. The van der Waals surface area contributed by atoms with Gasteiger partial charge in [-0.05, 0) is 25.7 Å². The van der Waals surface area contributed by atoms with Gasteiger partial charge in [0.25, 0.3) is 0 Å². The highest BCUT2D eigenvalue weighted by atomic mass is 32.2. The van der Waals surface area contributed by atoms with Crippen molar-refractivity contribution in [2.24, 2.45) is 5.92 Å². The number of urea groups is 1. The van der Waals surface area contributed by atoms with Gasteiger partial charge in [0.1, 0.15) is 6.04 Å². The number of aliphatic carboxylic acids is 1. The maximum atomic E-state index is 12.7. The summed E-state index contributed by atoms with van der Waals surface area (Å²) in [4.78, 5) is 27.2. The van der Waals surface area contributed by atoms with Crippen LogP contribution in [0.4, 0.5) is 4.79 Å². The van der Waals surface area contributed by atoms with Gasteiger partial charge >= 0.3 is 12.0 Å². The Morgan fingerprint density at radius 2 is 2.00 bits per heavy atom. The van der Waals surface area contributed by atoms with E-state index in [1.165, 1.54) is 23.1 Å². The first-order valence-corrected chi connectivity index (χ1v) is 8.36. The molecule has 6 heteroatoms. The van der Waals surface area contributed by atoms with Crippen molar-refractivity contribution in [1.29, 1.82) is 0 Å². The van der Waals surface area contributed by atoms with Crippen molar-refractivity contribution >= 4 is 23.8 Å². The van der Waals surface area contributed by atoms with Crippen LogP contribution in [0.1, 0.15) is 39.5 Å². The van der Waals surface area contributed by atoms with Crippen LogP contribution in [0, 0.1) is 5.92 Å². The summed E-state index contributed by atoms with van der Waals surface area (Å²) >= 11 is 1.53. The largest absolute Gasteiger partial charge is 0.480 e. The maximum Gasteiger partial charge on any atom is 0.327 e. The molecule has 1 heterocycles. The van der Waals surface area contributed by atoms with E-state index in [1.54, 1.807) is 4.90 Å². The van der Waals surface area contributed by atoms with Gasteiger partial charge in [-0.25, -0.2) is 9.59 Å². The van der Waals surface area contributed by atoms with E-state index in [2.05, 4.69) is 6.92 Å². The highest BCUT2D eigenvalue weighted by Crippen LogP contribution is 2.32.